The van der Waals surface area contributed by atoms with Crippen LogP contribution in [0.1, 0.15) is 413 Å². The molecule has 0 heterocycles. The summed E-state index contributed by atoms with van der Waals surface area (Å²) < 4.78 is 68.4. The number of aliphatic hydroxyl groups excluding tert-OH is 1. The topological polar surface area (TPSA) is 237 Å². The number of ether oxygens (including phenoxy) is 4. The van der Waals surface area contributed by atoms with Gasteiger partial charge in [-0.25, -0.2) is 9.13 Å². The molecule has 5 atom stereocenters. The third-order valence-electron chi connectivity index (χ3n) is 18.1. The molecule has 0 amide bonds. The van der Waals surface area contributed by atoms with E-state index >= 15 is 0 Å². The maximum absolute atomic E-state index is 13.1. The minimum Gasteiger partial charge on any atom is -0.462 e. The maximum Gasteiger partial charge on any atom is 0.472 e. The molecule has 3 N–H and O–H groups in total. The number of hydrogen-bond donors (Lipinski definition) is 3. The molecule has 0 rings (SSSR count). The van der Waals surface area contributed by atoms with Crippen LogP contribution in [0.15, 0.2) is 0 Å². The van der Waals surface area contributed by atoms with Gasteiger partial charge in [0.05, 0.1) is 26.4 Å². The van der Waals surface area contributed by atoms with Gasteiger partial charge >= 0.3 is 39.5 Å². The molecule has 2 unspecified atom stereocenters. The van der Waals surface area contributed by atoms with Crippen molar-refractivity contribution >= 4 is 39.5 Å². The molecule has 0 radical (unpaired) electrons. The van der Waals surface area contributed by atoms with Crippen LogP contribution in [0.25, 0.3) is 0 Å². The van der Waals surface area contributed by atoms with Crippen molar-refractivity contribution in [3.05, 3.63) is 0 Å². The van der Waals surface area contributed by atoms with E-state index in [-0.39, 0.29) is 25.7 Å². The van der Waals surface area contributed by atoms with Crippen molar-refractivity contribution in [1.82, 2.24) is 0 Å². The number of unbranched alkanes of at least 4 members (excludes halogenated alkanes) is 52. The van der Waals surface area contributed by atoms with E-state index in [9.17, 15) is 43.2 Å². The lowest BCUT2D eigenvalue weighted by molar-refractivity contribution is -0.161. The van der Waals surface area contributed by atoms with Crippen LogP contribution in [-0.4, -0.2) is 96.7 Å². The molecule has 96 heavy (non-hydrogen) atoms. The Morgan fingerprint density at radius 3 is 0.615 bits per heavy atom. The van der Waals surface area contributed by atoms with Gasteiger partial charge in [-0.3, -0.25) is 37.3 Å². The molecule has 0 fully saturated rings. The number of hydrogen-bond acceptors (Lipinski definition) is 15. The summed E-state index contributed by atoms with van der Waals surface area (Å²) in [7, 11) is -9.90. The zero-order valence-electron chi connectivity index (χ0n) is 62.4. The number of rotatable bonds is 78. The van der Waals surface area contributed by atoms with Gasteiger partial charge in [0.1, 0.15) is 19.3 Å². The van der Waals surface area contributed by atoms with E-state index in [1.807, 2.05) is 0 Å². The van der Waals surface area contributed by atoms with Crippen LogP contribution in [0, 0.1) is 0 Å². The van der Waals surface area contributed by atoms with E-state index < -0.39 is 97.5 Å². The highest BCUT2D eigenvalue weighted by atomic mass is 31.2. The van der Waals surface area contributed by atoms with E-state index in [1.54, 1.807) is 0 Å². The zero-order valence-corrected chi connectivity index (χ0v) is 64.1. The fourth-order valence-corrected chi connectivity index (χ4v) is 13.5. The molecule has 0 aromatic rings. The van der Waals surface area contributed by atoms with Crippen molar-refractivity contribution in [3.8, 4) is 0 Å². The Balaban J connectivity index is 5.17. The molecule has 0 aliphatic heterocycles. The van der Waals surface area contributed by atoms with Gasteiger partial charge in [-0.15, -0.1) is 0 Å². The molecule has 0 saturated carbocycles. The zero-order chi connectivity index (χ0) is 70.4. The van der Waals surface area contributed by atoms with Gasteiger partial charge in [-0.05, 0) is 25.7 Å². The number of esters is 4. The molecule has 17 nitrogen and oxygen atoms in total. The normalized spacial score (nSPS) is 13.9. The van der Waals surface area contributed by atoms with E-state index in [2.05, 4.69) is 27.7 Å². The van der Waals surface area contributed by atoms with Crippen LogP contribution >= 0.6 is 15.6 Å². The Morgan fingerprint density at radius 2 is 0.417 bits per heavy atom. The number of carbonyl (C=O) groups is 4. The summed E-state index contributed by atoms with van der Waals surface area (Å²) in [5.74, 6) is -2.11. The lowest BCUT2D eigenvalue weighted by atomic mass is 10.0. The van der Waals surface area contributed by atoms with E-state index in [0.717, 1.165) is 103 Å². The first kappa shape index (κ1) is 94.1. The predicted octanol–water partition coefficient (Wildman–Crippen LogP) is 23.0. The molecular formula is C77H150O17P2. The summed E-state index contributed by atoms with van der Waals surface area (Å²) in [4.78, 5) is 72.7. The average Bonchev–Trinajstić information content (AvgIpc) is 2.38. The molecule has 0 saturated heterocycles. The molecule has 570 valence electrons. The second-order valence-corrected chi connectivity index (χ2v) is 30.7. The summed E-state index contributed by atoms with van der Waals surface area (Å²) in [5.41, 5.74) is 0. The number of phosphoric ester groups is 2. The Hall–Kier alpha value is -1.94. The van der Waals surface area contributed by atoms with Crippen LogP contribution in [0.2, 0.25) is 0 Å². The first-order chi connectivity index (χ1) is 46.7. The van der Waals surface area contributed by atoms with Gasteiger partial charge < -0.3 is 33.8 Å². The van der Waals surface area contributed by atoms with Crippen molar-refractivity contribution in [3.63, 3.8) is 0 Å². The van der Waals surface area contributed by atoms with Crippen LogP contribution in [0.4, 0.5) is 0 Å². The molecule has 0 spiro atoms. The van der Waals surface area contributed by atoms with Crippen LogP contribution in [0.5, 0.6) is 0 Å². The summed E-state index contributed by atoms with van der Waals surface area (Å²) in [5, 5.41) is 10.6. The van der Waals surface area contributed by atoms with E-state index in [4.69, 9.17) is 37.0 Å². The van der Waals surface area contributed by atoms with Gasteiger partial charge in [0.2, 0.25) is 0 Å². The molecule has 0 aromatic carbocycles. The Kier molecular flexibility index (Phi) is 70.0. The summed E-state index contributed by atoms with van der Waals surface area (Å²) in [6.45, 7) is 4.96. The van der Waals surface area contributed by atoms with E-state index in [0.29, 0.717) is 25.7 Å². The third-order valence-corrected chi connectivity index (χ3v) is 20.0. The standard InChI is InChI=1S/C77H150O17P2/c1-5-9-13-17-21-24-27-30-32-34-36-38-40-42-45-48-52-56-60-64-77(82)94-73(68-88-75(80)62-58-54-50-46-44-41-39-37-35-33-31-28-25-22-18-14-10-6-2)70-92-96(85,86)90-66-71(78)65-89-95(83,84)91-69-72(67-87-74(79)61-57-53-49-20-16-12-8-4)93-76(81)63-59-55-51-47-43-29-26-23-19-15-11-7-3/h71-73,78H,5-70H2,1-4H3,(H,83,84)(H,85,86)/t71-,72+,73+/m0/s1. The van der Waals surface area contributed by atoms with Crippen LogP contribution < -0.4 is 0 Å². The summed E-state index contributed by atoms with van der Waals surface area (Å²) >= 11 is 0. The highest BCUT2D eigenvalue weighted by molar-refractivity contribution is 7.47. The smallest absolute Gasteiger partial charge is 0.462 e. The highest BCUT2D eigenvalue weighted by Gasteiger charge is 2.30. The molecule has 0 aliphatic carbocycles. The minimum absolute atomic E-state index is 0.108. The number of aliphatic hydroxyl groups is 1. The number of carbonyl (C=O) groups excluding carboxylic acids is 4. The van der Waals surface area contributed by atoms with Crippen molar-refractivity contribution < 1.29 is 80.2 Å². The fourth-order valence-electron chi connectivity index (χ4n) is 11.9. The molecule has 0 aliphatic rings. The van der Waals surface area contributed by atoms with Gasteiger partial charge in [0, 0.05) is 25.7 Å². The number of phosphoric acid groups is 2. The van der Waals surface area contributed by atoms with Gasteiger partial charge in [0.15, 0.2) is 12.2 Å². The molecule has 0 aromatic heterocycles. The Bertz CT molecular complexity index is 1830. The van der Waals surface area contributed by atoms with E-state index in [1.165, 1.54) is 231 Å². The second kappa shape index (κ2) is 71.5. The largest absolute Gasteiger partial charge is 0.472 e. The van der Waals surface area contributed by atoms with Crippen molar-refractivity contribution in [1.29, 1.82) is 0 Å². The highest BCUT2D eigenvalue weighted by Crippen LogP contribution is 2.45. The molecular weight excluding hydrogens is 1260 g/mol. The van der Waals surface area contributed by atoms with Crippen LogP contribution in [-0.2, 0) is 65.4 Å². The minimum atomic E-state index is -4.96. The third kappa shape index (κ3) is 70.5. The first-order valence-electron chi connectivity index (χ1n) is 40.3. The van der Waals surface area contributed by atoms with Gasteiger partial charge in [-0.1, -0.05) is 362 Å². The molecule has 19 heteroatoms. The lowest BCUT2D eigenvalue weighted by Crippen LogP contribution is -2.30. The predicted molar refractivity (Wildman–Crippen MR) is 391 cm³/mol. The quantitative estimate of drug-likeness (QED) is 0.0222. The average molecular weight is 1410 g/mol. The lowest BCUT2D eigenvalue weighted by Gasteiger charge is -2.21. The van der Waals surface area contributed by atoms with Gasteiger partial charge in [-0.2, -0.15) is 0 Å². The molecule has 0 bridgehead atoms. The maximum atomic E-state index is 13.1. The first-order valence-corrected chi connectivity index (χ1v) is 43.3. The van der Waals surface area contributed by atoms with Gasteiger partial charge in [0.25, 0.3) is 0 Å². The summed E-state index contributed by atoms with van der Waals surface area (Å²) in [6.07, 6.45) is 62.6. The second-order valence-electron chi connectivity index (χ2n) is 27.7. The fraction of sp³-hybridized carbons (Fsp3) is 0.948. The SMILES string of the molecule is CCCCCCCCCCCCCCCCCCCCCC(=O)O[C@H](COC(=O)CCCCCCCCCCCCCCCCCCCC)COP(=O)(O)OC[C@@H](O)COP(=O)(O)OC[C@@H](COC(=O)CCCCCCCCC)OC(=O)CCCCCCCCCCCCCC. The summed E-state index contributed by atoms with van der Waals surface area (Å²) in [6, 6.07) is 0. The monoisotopic (exact) mass is 1410 g/mol. The van der Waals surface area contributed by atoms with Crippen molar-refractivity contribution in [2.75, 3.05) is 39.6 Å². The Morgan fingerprint density at radius 1 is 0.250 bits per heavy atom. The van der Waals surface area contributed by atoms with Crippen molar-refractivity contribution in [2.45, 2.75) is 431 Å². The van der Waals surface area contributed by atoms with Crippen molar-refractivity contribution in [2.24, 2.45) is 0 Å². The van der Waals surface area contributed by atoms with Crippen LogP contribution in [0.3, 0.4) is 0 Å². The Labute approximate surface area is 588 Å².